The van der Waals surface area contributed by atoms with Crippen molar-refractivity contribution in [2.75, 3.05) is 26.4 Å². The van der Waals surface area contributed by atoms with Gasteiger partial charge < -0.3 is 83.9 Å². The zero-order valence-electron chi connectivity index (χ0n) is 36.2. The Hall–Kier alpha value is -1.01. The van der Waals surface area contributed by atoms with E-state index in [-0.39, 0.29) is 47.2 Å². The number of rotatable bonds is 8. The number of hydrogen-bond donors (Lipinski definition) is 9. The van der Waals surface area contributed by atoms with Crippen molar-refractivity contribution in [2.24, 2.45) is 52.3 Å². The van der Waals surface area contributed by atoms with Crippen molar-refractivity contribution >= 4 is 5.78 Å². The maximum Gasteiger partial charge on any atom is 0.187 e. The average Bonchev–Trinajstić information content (AvgIpc) is 3.70. The minimum Gasteiger partial charge on any atom is -0.394 e. The van der Waals surface area contributed by atoms with Crippen molar-refractivity contribution in [1.82, 2.24) is 0 Å². The molecule has 18 nitrogen and oxygen atoms in total. The Morgan fingerprint density at radius 2 is 1.39 bits per heavy atom. The summed E-state index contributed by atoms with van der Waals surface area (Å²) in [6, 6.07) is 0. The molecule has 26 atom stereocenters. The lowest BCUT2D eigenvalue weighted by Gasteiger charge is -2.60. The molecular weight excluding hydrogens is 816 g/mol. The number of aliphatic hydroxyl groups is 9. The Labute approximate surface area is 362 Å². The van der Waals surface area contributed by atoms with Crippen molar-refractivity contribution in [3.8, 4) is 0 Å². The molecule has 62 heavy (non-hydrogen) atoms. The molecule has 5 heterocycles. The molecule has 0 aromatic heterocycles. The molecule has 18 heteroatoms. The standard InChI is InChI=1S/C44H70O18/c1-18-7-10-44(56-16-18)19(2)30-26(62-44)12-24-22-6-5-20-11-21(8-9-42(20,3)23(22)13-29(48)43(24,30)4)57-40-35(53)33(51)37(28(15-46)59-40)60-41-36(54)38(32(50)27(14-45)58-41)61-39-34(52)31(49)25(47)17-55-39/h18-28,30-41,45-47,49-54H,5-17H2,1-4H3. The van der Waals surface area contributed by atoms with E-state index in [0.717, 1.165) is 38.5 Å². The highest BCUT2D eigenvalue weighted by Gasteiger charge is 2.72. The summed E-state index contributed by atoms with van der Waals surface area (Å²) in [4.78, 5) is 14.6. The largest absolute Gasteiger partial charge is 0.394 e. The summed E-state index contributed by atoms with van der Waals surface area (Å²) in [5.74, 6) is 1.77. The van der Waals surface area contributed by atoms with Crippen LogP contribution >= 0.6 is 0 Å². The Kier molecular flexibility index (Phi) is 12.8. The van der Waals surface area contributed by atoms with Crippen molar-refractivity contribution in [1.29, 1.82) is 0 Å². The topological polar surface area (TPSA) is 273 Å². The van der Waals surface area contributed by atoms with Crippen LogP contribution in [-0.4, -0.2) is 182 Å². The van der Waals surface area contributed by atoms with E-state index in [4.69, 9.17) is 37.9 Å². The van der Waals surface area contributed by atoms with Gasteiger partial charge in [-0.05, 0) is 80.0 Å². The first-order chi connectivity index (χ1) is 29.4. The van der Waals surface area contributed by atoms with Crippen LogP contribution in [0, 0.1) is 52.3 Å². The fourth-order valence-electron chi connectivity index (χ4n) is 14.1. The van der Waals surface area contributed by atoms with E-state index < -0.39 is 117 Å². The number of hydrogen-bond acceptors (Lipinski definition) is 18. The molecule has 4 aliphatic carbocycles. The number of ketones is 1. The number of carbonyl (C=O) groups is 1. The molecule has 9 fully saturated rings. The van der Waals surface area contributed by atoms with Crippen LogP contribution in [0.4, 0.5) is 0 Å². The molecule has 0 aromatic rings. The summed E-state index contributed by atoms with van der Waals surface area (Å²) < 4.78 is 48.2. The van der Waals surface area contributed by atoms with E-state index in [1.807, 2.05) is 0 Å². The minimum absolute atomic E-state index is 0.0242. The van der Waals surface area contributed by atoms with Crippen molar-refractivity contribution in [3.63, 3.8) is 0 Å². The van der Waals surface area contributed by atoms with E-state index in [1.165, 1.54) is 0 Å². The van der Waals surface area contributed by atoms with Gasteiger partial charge in [0.25, 0.3) is 0 Å². The zero-order chi connectivity index (χ0) is 44.2. The average molecular weight is 887 g/mol. The highest BCUT2D eigenvalue weighted by atomic mass is 16.8. The first kappa shape index (κ1) is 46.1. The van der Waals surface area contributed by atoms with E-state index in [2.05, 4.69) is 27.7 Å². The summed E-state index contributed by atoms with van der Waals surface area (Å²) in [5, 5.41) is 95.6. The molecule has 5 aliphatic heterocycles. The van der Waals surface area contributed by atoms with E-state index in [0.29, 0.717) is 43.5 Å². The summed E-state index contributed by atoms with van der Waals surface area (Å²) in [6.07, 6.45) is -14.9. The summed E-state index contributed by atoms with van der Waals surface area (Å²) in [6.45, 7) is 7.86. The predicted octanol–water partition coefficient (Wildman–Crippen LogP) is -0.915. The third kappa shape index (κ3) is 7.38. The van der Waals surface area contributed by atoms with Crippen LogP contribution in [0.5, 0.6) is 0 Å². The lowest BCUT2D eigenvalue weighted by molar-refractivity contribution is -0.378. The van der Waals surface area contributed by atoms with Gasteiger partial charge in [0, 0.05) is 30.1 Å². The lowest BCUT2D eigenvalue weighted by atomic mass is 9.44. The van der Waals surface area contributed by atoms with Gasteiger partial charge in [0.05, 0.1) is 38.6 Å². The van der Waals surface area contributed by atoms with Crippen LogP contribution in [0.3, 0.4) is 0 Å². The number of fused-ring (bicyclic) bond motifs is 7. The second-order valence-corrected chi connectivity index (χ2v) is 20.9. The molecule has 0 radical (unpaired) electrons. The van der Waals surface area contributed by atoms with Crippen LogP contribution in [0.2, 0.25) is 0 Å². The quantitative estimate of drug-likeness (QED) is 0.133. The monoisotopic (exact) mass is 886 g/mol. The maximum absolute atomic E-state index is 14.6. The predicted molar refractivity (Wildman–Crippen MR) is 210 cm³/mol. The SMILES string of the molecule is CC1CCC2(OC1)OC1CC3C4CCC5CC(OC6OC(CO)C(OC7OC(CO)C(O)C(OC8OCC(O)C(O)C8O)C7O)C(O)C6O)CCC5(C)C4CC(=O)C3(C)C1C2C. The van der Waals surface area contributed by atoms with Gasteiger partial charge in [-0.15, -0.1) is 0 Å². The Morgan fingerprint density at radius 3 is 2.10 bits per heavy atom. The highest BCUT2D eigenvalue weighted by molar-refractivity contribution is 5.87. The Balaban J connectivity index is 0.827. The van der Waals surface area contributed by atoms with E-state index >= 15 is 0 Å². The molecule has 4 saturated carbocycles. The Bertz CT molecular complexity index is 1600. The summed E-state index contributed by atoms with van der Waals surface area (Å²) in [5.41, 5.74) is -0.525. The van der Waals surface area contributed by atoms with Crippen molar-refractivity contribution < 1.29 is 88.6 Å². The van der Waals surface area contributed by atoms with E-state index in [9.17, 15) is 50.8 Å². The van der Waals surface area contributed by atoms with Crippen molar-refractivity contribution in [3.05, 3.63) is 0 Å². The molecular formula is C44H70O18. The van der Waals surface area contributed by atoms with Gasteiger partial charge >= 0.3 is 0 Å². The number of ether oxygens (including phenoxy) is 8. The van der Waals surface area contributed by atoms with Crippen LogP contribution in [-0.2, 0) is 42.7 Å². The van der Waals surface area contributed by atoms with Gasteiger partial charge in [-0.25, -0.2) is 0 Å². The van der Waals surface area contributed by atoms with Crippen LogP contribution in [0.25, 0.3) is 0 Å². The fraction of sp³-hybridized carbons (Fsp3) is 0.977. The van der Waals surface area contributed by atoms with Gasteiger partial charge in [-0.3, -0.25) is 4.79 Å². The molecule has 9 aliphatic rings. The highest BCUT2D eigenvalue weighted by Crippen LogP contribution is 2.70. The number of Topliss-reactive ketones (excluding diaryl/α,β-unsaturated/α-hetero) is 1. The maximum atomic E-state index is 14.6. The first-order valence-corrected chi connectivity index (χ1v) is 23.2. The first-order valence-electron chi connectivity index (χ1n) is 23.2. The fourth-order valence-corrected chi connectivity index (χ4v) is 14.1. The molecule has 0 bridgehead atoms. The molecule has 9 N–H and O–H groups in total. The van der Waals surface area contributed by atoms with Crippen LogP contribution in [0.15, 0.2) is 0 Å². The lowest BCUT2D eigenvalue weighted by Crippen LogP contribution is -2.66. The van der Waals surface area contributed by atoms with Crippen LogP contribution in [0.1, 0.15) is 85.5 Å². The van der Waals surface area contributed by atoms with Gasteiger partial charge in [0.1, 0.15) is 72.9 Å². The second kappa shape index (κ2) is 17.3. The molecule has 354 valence electrons. The van der Waals surface area contributed by atoms with Gasteiger partial charge in [-0.1, -0.05) is 27.7 Å². The third-order valence-corrected chi connectivity index (χ3v) is 17.8. The summed E-state index contributed by atoms with van der Waals surface area (Å²) in [7, 11) is 0. The molecule has 9 rings (SSSR count). The van der Waals surface area contributed by atoms with Crippen molar-refractivity contribution in [2.45, 2.75) is 189 Å². The smallest absolute Gasteiger partial charge is 0.187 e. The molecule has 1 spiro atoms. The zero-order valence-corrected chi connectivity index (χ0v) is 36.2. The van der Waals surface area contributed by atoms with Gasteiger partial charge in [0.15, 0.2) is 24.7 Å². The molecule has 5 saturated heterocycles. The summed E-state index contributed by atoms with van der Waals surface area (Å²) >= 11 is 0. The molecule has 26 unspecified atom stereocenters. The second-order valence-electron chi connectivity index (χ2n) is 20.9. The molecule has 0 aromatic carbocycles. The molecule has 0 amide bonds. The third-order valence-electron chi connectivity index (χ3n) is 17.8. The minimum atomic E-state index is -1.84. The number of aliphatic hydroxyl groups excluding tert-OH is 9. The number of carbonyl (C=O) groups excluding carboxylic acids is 1. The van der Waals surface area contributed by atoms with E-state index in [1.54, 1.807) is 0 Å². The van der Waals surface area contributed by atoms with Crippen LogP contribution < -0.4 is 0 Å². The van der Waals surface area contributed by atoms with Gasteiger partial charge in [0.2, 0.25) is 0 Å². The Morgan fingerprint density at radius 1 is 0.694 bits per heavy atom. The van der Waals surface area contributed by atoms with Gasteiger partial charge in [-0.2, -0.15) is 0 Å². The normalized spacial score (nSPS) is 57.8.